The van der Waals surface area contributed by atoms with E-state index in [9.17, 15) is 4.79 Å². The summed E-state index contributed by atoms with van der Waals surface area (Å²) in [5.41, 5.74) is 5.82. The van der Waals surface area contributed by atoms with E-state index in [1.165, 1.54) is 0 Å². The van der Waals surface area contributed by atoms with E-state index in [1.807, 2.05) is 4.90 Å². The fraction of sp³-hybridized carbons (Fsp3) is 0.769. The number of aromatic nitrogens is 3. The van der Waals surface area contributed by atoms with E-state index >= 15 is 0 Å². The van der Waals surface area contributed by atoms with Gasteiger partial charge in [-0.15, -0.1) is 5.10 Å². The van der Waals surface area contributed by atoms with Crippen LogP contribution in [0.2, 0.25) is 0 Å². The molecule has 6 heteroatoms. The van der Waals surface area contributed by atoms with Crippen molar-refractivity contribution in [1.82, 2.24) is 20.1 Å². The van der Waals surface area contributed by atoms with Crippen LogP contribution in [-0.4, -0.2) is 45.1 Å². The van der Waals surface area contributed by atoms with E-state index in [-0.39, 0.29) is 11.9 Å². The average molecular weight is 263 g/mol. The van der Waals surface area contributed by atoms with Gasteiger partial charge in [0.2, 0.25) is 5.82 Å². The maximum absolute atomic E-state index is 12.5. The molecule has 6 nitrogen and oxygen atoms in total. The predicted octanol–water partition coefficient (Wildman–Crippen LogP) is 0.881. The van der Waals surface area contributed by atoms with Crippen LogP contribution in [0.4, 0.5) is 0 Å². The molecule has 1 aromatic rings. The molecule has 1 amide bonds. The first-order chi connectivity index (χ1) is 9.20. The number of hydrogen-bond acceptors (Lipinski definition) is 4. The number of hydrogen-bond donors (Lipinski definition) is 2. The van der Waals surface area contributed by atoms with Crippen molar-refractivity contribution in [3.05, 3.63) is 11.6 Å². The standard InChI is InChI=1S/C13H21N5O/c1-8-3-2-6-18(10(8)7-14)13(19)12-15-11(16-17-12)9-4-5-9/h8-10H,2-7,14H2,1H3,(H,15,16,17). The summed E-state index contributed by atoms with van der Waals surface area (Å²) in [5, 5.41) is 6.97. The molecule has 1 aliphatic carbocycles. The number of H-pyrrole nitrogens is 1. The minimum absolute atomic E-state index is 0.0786. The van der Waals surface area contributed by atoms with Gasteiger partial charge in [-0.2, -0.15) is 0 Å². The number of carbonyl (C=O) groups is 1. The smallest absolute Gasteiger partial charge is 0.293 e. The lowest BCUT2D eigenvalue weighted by molar-refractivity contribution is 0.0520. The van der Waals surface area contributed by atoms with Crippen molar-refractivity contribution in [2.75, 3.05) is 13.1 Å². The third kappa shape index (κ3) is 2.36. The lowest BCUT2D eigenvalue weighted by Crippen LogP contribution is -2.51. The lowest BCUT2D eigenvalue weighted by Gasteiger charge is -2.38. The van der Waals surface area contributed by atoms with Gasteiger partial charge < -0.3 is 10.6 Å². The highest BCUT2D eigenvalue weighted by Crippen LogP contribution is 2.37. The van der Waals surface area contributed by atoms with Crippen LogP contribution in [0, 0.1) is 5.92 Å². The first kappa shape index (κ1) is 12.6. The zero-order valence-electron chi connectivity index (χ0n) is 11.3. The molecule has 3 N–H and O–H groups in total. The molecule has 0 bridgehead atoms. The van der Waals surface area contributed by atoms with E-state index < -0.39 is 0 Å². The molecule has 2 fully saturated rings. The quantitative estimate of drug-likeness (QED) is 0.847. The van der Waals surface area contributed by atoms with Gasteiger partial charge in [-0.3, -0.25) is 9.89 Å². The minimum atomic E-state index is -0.0786. The summed E-state index contributed by atoms with van der Waals surface area (Å²) in [5.74, 6) is 2.02. The Bertz CT molecular complexity index is 467. The molecule has 2 heterocycles. The second-order valence-corrected chi connectivity index (χ2v) is 5.74. The molecule has 104 valence electrons. The first-order valence-corrected chi connectivity index (χ1v) is 7.14. The molecule has 0 aromatic carbocycles. The van der Waals surface area contributed by atoms with E-state index in [0.29, 0.717) is 24.2 Å². The second-order valence-electron chi connectivity index (χ2n) is 5.74. The molecule has 2 unspecified atom stereocenters. The zero-order chi connectivity index (χ0) is 13.4. The van der Waals surface area contributed by atoms with Gasteiger partial charge in [0.15, 0.2) is 0 Å². The average Bonchev–Trinajstić information content (AvgIpc) is 3.15. The topological polar surface area (TPSA) is 87.9 Å². The summed E-state index contributed by atoms with van der Waals surface area (Å²) in [6.45, 7) is 3.43. The summed E-state index contributed by atoms with van der Waals surface area (Å²) in [6.07, 6.45) is 4.46. The third-order valence-electron chi connectivity index (χ3n) is 4.28. The van der Waals surface area contributed by atoms with Crippen LogP contribution in [0.3, 0.4) is 0 Å². The largest absolute Gasteiger partial charge is 0.331 e. The van der Waals surface area contributed by atoms with Gasteiger partial charge in [0.25, 0.3) is 5.91 Å². The second kappa shape index (κ2) is 4.92. The van der Waals surface area contributed by atoms with Crippen LogP contribution in [0.15, 0.2) is 0 Å². The molecule has 2 atom stereocenters. The number of likely N-dealkylation sites (tertiary alicyclic amines) is 1. The fourth-order valence-corrected chi connectivity index (χ4v) is 2.90. The SMILES string of the molecule is CC1CCCN(C(=O)c2n[nH]c(C3CC3)n2)C1CN. The number of nitrogens with one attached hydrogen (secondary N) is 1. The number of rotatable bonds is 3. The zero-order valence-corrected chi connectivity index (χ0v) is 11.3. The van der Waals surface area contributed by atoms with Crippen molar-refractivity contribution in [1.29, 1.82) is 0 Å². The normalized spacial score (nSPS) is 27.6. The molecule has 0 spiro atoms. The Hall–Kier alpha value is -1.43. The van der Waals surface area contributed by atoms with Gasteiger partial charge >= 0.3 is 0 Å². The monoisotopic (exact) mass is 263 g/mol. The Balaban J connectivity index is 1.77. The maximum atomic E-state index is 12.5. The number of nitrogens with zero attached hydrogens (tertiary/aromatic N) is 3. The van der Waals surface area contributed by atoms with Gasteiger partial charge in [0.1, 0.15) is 5.82 Å². The van der Waals surface area contributed by atoms with Crippen LogP contribution in [-0.2, 0) is 0 Å². The van der Waals surface area contributed by atoms with Crippen molar-refractivity contribution in [2.24, 2.45) is 11.7 Å². The summed E-state index contributed by atoms with van der Waals surface area (Å²) in [7, 11) is 0. The molecule has 1 saturated carbocycles. The maximum Gasteiger partial charge on any atom is 0.293 e. The molecular weight excluding hydrogens is 242 g/mol. The Morgan fingerprint density at radius 2 is 2.26 bits per heavy atom. The summed E-state index contributed by atoms with van der Waals surface area (Å²) >= 11 is 0. The lowest BCUT2D eigenvalue weighted by atomic mass is 9.90. The molecule has 3 rings (SSSR count). The van der Waals surface area contributed by atoms with Gasteiger partial charge in [-0.1, -0.05) is 6.92 Å². The third-order valence-corrected chi connectivity index (χ3v) is 4.28. The van der Waals surface area contributed by atoms with Crippen LogP contribution in [0.5, 0.6) is 0 Å². The molecule has 19 heavy (non-hydrogen) atoms. The van der Waals surface area contributed by atoms with Crippen molar-refractivity contribution < 1.29 is 4.79 Å². The summed E-state index contributed by atoms with van der Waals surface area (Å²) < 4.78 is 0. The Morgan fingerprint density at radius 1 is 1.47 bits per heavy atom. The van der Waals surface area contributed by atoms with Crippen LogP contribution < -0.4 is 5.73 Å². The molecule has 0 radical (unpaired) electrons. The number of amides is 1. The highest BCUT2D eigenvalue weighted by atomic mass is 16.2. The predicted molar refractivity (Wildman–Crippen MR) is 70.6 cm³/mol. The van der Waals surface area contributed by atoms with E-state index in [1.54, 1.807) is 0 Å². The summed E-state index contributed by atoms with van der Waals surface area (Å²) in [4.78, 5) is 18.7. The van der Waals surface area contributed by atoms with Crippen molar-refractivity contribution >= 4 is 5.91 Å². The first-order valence-electron chi connectivity index (χ1n) is 7.14. The van der Waals surface area contributed by atoms with E-state index in [0.717, 1.165) is 38.1 Å². The Labute approximate surface area is 112 Å². The van der Waals surface area contributed by atoms with Gasteiger partial charge in [0.05, 0.1) is 0 Å². The molecule has 2 aliphatic rings. The summed E-state index contributed by atoms with van der Waals surface area (Å²) in [6, 6.07) is 0.115. The fourth-order valence-electron chi connectivity index (χ4n) is 2.90. The Morgan fingerprint density at radius 3 is 2.95 bits per heavy atom. The van der Waals surface area contributed by atoms with Gasteiger partial charge in [0, 0.05) is 25.0 Å². The molecule has 1 aromatic heterocycles. The highest BCUT2D eigenvalue weighted by Gasteiger charge is 2.34. The number of carbonyl (C=O) groups excluding carboxylic acids is 1. The van der Waals surface area contributed by atoms with Gasteiger partial charge in [-0.05, 0) is 31.6 Å². The van der Waals surface area contributed by atoms with Crippen molar-refractivity contribution in [3.8, 4) is 0 Å². The molecular formula is C13H21N5O. The van der Waals surface area contributed by atoms with Crippen molar-refractivity contribution in [3.63, 3.8) is 0 Å². The molecule has 1 saturated heterocycles. The van der Waals surface area contributed by atoms with Crippen LogP contribution in [0.25, 0.3) is 0 Å². The van der Waals surface area contributed by atoms with E-state index in [4.69, 9.17) is 5.73 Å². The minimum Gasteiger partial charge on any atom is -0.331 e. The van der Waals surface area contributed by atoms with Crippen molar-refractivity contribution in [2.45, 2.75) is 44.6 Å². The number of piperidine rings is 1. The molecule has 1 aliphatic heterocycles. The van der Waals surface area contributed by atoms with Gasteiger partial charge in [-0.25, -0.2) is 4.98 Å². The highest BCUT2D eigenvalue weighted by molar-refractivity contribution is 5.90. The van der Waals surface area contributed by atoms with Crippen LogP contribution >= 0.6 is 0 Å². The van der Waals surface area contributed by atoms with E-state index in [2.05, 4.69) is 22.1 Å². The number of nitrogens with two attached hydrogens (primary N) is 1. The Kier molecular flexibility index (Phi) is 3.26. The van der Waals surface area contributed by atoms with Crippen LogP contribution in [0.1, 0.15) is 55.0 Å². The number of aromatic amines is 1.